The van der Waals surface area contributed by atoms with E-state index in [1.807, 2.05) is 0 Å². The van der Waals surface area contributed by atoms with Gasteiger partial charge in [-0.05, 0) is 13.0 Å². The molecule has 0 radical (unpaired) electrons. The minimum Gasteiger partial charge on any atom is -0.327 e. The monoisotopic (exact) mass is 222 g/mol. The van der Waals surface area contributed by atoms with E-state index in [1.165, 1.54) is 0 Å². The van der Waals surface area contributed by atoms with E-state index in [1.54, 1.807) is 0 Å². The van der Waals surface area contributed by atoms with Crippen molar-refractivity contribution < 1.29 is 17.6 Å². The standard InChI is InChI=1S/C9H10F4N2/c1-8(10,5-14)7-4-15-3-2-6(7)9(11,12)13/h2-4H,5,14H2,1H3. The van der Waals surface area contributed by atoms with Crippen molar-refractivity contribution in [3.05, 3.63) is 29.6 Å². The largest absolute Gasteiger partial charge is 0.416 e. The Morgan fingerprint density at radius 2 is 1.87 bits per heavy atom. The molecule has 0 aliphatic heterocycles. The molecule has 0 spiro atoms. The number of pyridine rings is 1. The number of aromatic nitrogens is 1. The molecule has 0 fully saturated rings. The van der Waals surface area contributed by atoms with Crippen LogP contribution in [-0.4, -0.2) is 11.5 Å². The molecule has 0 aromatic carbocycles. The number of hydrogen-bond donors (Lipinski definition) is 1. The van der Waals surface area contributed by atoms with E-state index in [0.717, 1.165) is 25.4 Å². The molecule has 0 amide bonds. The van der Waals surface area contributed by atoms with E-state index in [-0.39, 0.29) is 0 Å². The van der Waals surface area contributed by atoms with Crippen molar-refractivity contribution in [1.29, 1.82) is 0 Å². The van der Waals surface area contributed by atoms with Crippen molar-refractivity contribution in [1.82, 2.24) is 4.98 Å². The molecule has 6 heteroatoms. The summed E-state index contributed by atoms with van der Waals surface area (Å²) >= 11 is 0. The number of nitrogens with two attached hydrogens (primary N) is 1. The zero-order valence-corrected chi connectivity index (χ0v) is 7.98. The number of rotatable bonds is 2. The molecule has 1 atom stereocenters. The van der Waals surface area contributed by atoms with E-state index in [2.05, 4.69) is 4.98 Å². The Morgan fingerprint density at radius 3 is 2.33 bits per heavy atom. The summed E-state index contributed by atoms with van der Waals surface area (Å²) in [7, 11) is 0. The molecule has 1 aromatic heterocycles. The summed E-state index contributed by atoms with van der Waals surface area (Å²) in [5.74, 6) is 0. The fourth-order valence-electron chi connectivity index (χ4n) is 1.17. The first-order chi connectivity index (χ1) is 6.79. The maximum absolute atomic E-state index is 13.7. The fourth-order valence-corrected chi connectivity index (χ4v) is 1.17. The highest BCUT2D eigenvalue weighted by Gasteiger charge is 2.39. The van der Waals surface area contributed by atoms with Crippen molar-refractivity contribution in [2.45, 2.75) is 18.8 Å². The number of nitrogens with zero attached hydrogens (tertiary/aromatic N) is 1. The van der Waals surface area contributed by atoms with Gasteiger partial charge in [0.05, 0.1) is 5.56 Å². The Hall–Kier alpha value is -1.17. The molecular formula is C9H10F4N2. The van der Waals surface area contributed by atoms with Gasteiger partial charge in [-0.15, -0.1) is 0 Å². The summed E-state index contributed by atoms with van der Waals surface area (Å²) in [5.41, 5.74) is 1.30. The first kappa shape index (κ1) is 11.9. The average molecular weight is 222 g/mol. The Morgan fingerprint density at radius 1 is 1.27 bits per heavy atom. The third-order valence-electron chi connectivity index (χ3n) is 2.07. The second-order valence-corrected chi connectivity index (χ2v) is 3.32. The number of hydrogen-bond acceptors (Lipinski definition) is 2. The van der Waals surface area contributed by atoms with Crippen molar-refractivity contribution in [2.24, 2.45) is 5.73 Å². The summed E-state index contributed by atoms with van der Waals surface area (Å²) in [6.45, 7) is 0.473. The lowest BCUT2D eigenvalue weighted by Crippen LogP contribution is -2.29. The zero-order valence-electron chi connectivity index (χ0n) is 7.98. The maximum Gasteiger partial charge on any atom is 0.416 e. The summed E-state index contributed by atoms with van der Waals surface area (Å²) in [6.07, 6.45) is -2.77. The van der Waals surface area contributed by atoms with E-state index >= 15 is 0 Å². The van der Waals surface area contributed by atoms with Crippen LogP contribution < -0.4 is 5.73 Å². The smallest absolute Gasteiger partial charge is 0.327 e. The first-order valence-electron chi connectivity index (χ1n) is 4.19. The van der Waals surface area contributed by atoms with Gasteiger partial charge in [-0.1, -0.05) is 0 Å². The summed E-state index contributed by atoms with van der Waals surface area (Å²) < 4.78 is 51.1. The molecule has 1 aromatic rings. The van der Waals surface area contributed by atoms with E-state index in [4.69, 9.17) is 5.73 Å². The van der Waals surface area contributed by atoms with Gasteiger partial charge in [0.1, 0.15) is 5.67 Å². The van der Waals surface area contributed by atoms with Crippen LogP contribution in [0.1, 0.15) is 18.1 Å². The van der Waals surface area contributed by atoms with Gasteiger partial charge in [-0.2, -0.15) is 13.2 Å². The number of alkyl halides is 4. The van der Waals surface area contributed by atoms with Gasteiger partial charge in [0.25, 0.3) is 0 Å². The molecule has 2 N–H and O–H groups in total. The highest BCUT2D eigenvalue weighted by Crippen LogP contribution is 2.37. The third-order valence-corrected chi connectivity index (χ3v) is 2.07. The topological polar surface area (TPSA) is 38.9 Å². The predicted octanol–water partition coefficient (Wildman–Crippen LogP) is 2.24. The highest BCUT2D eigenvalue weighted by atomic mass is 19.4. The highest BCUT2D eigenvalue weighted by molar-refractivity contribution is 5.31. The minimum atomic E-state index is -4.60. The van der Waals surface area contributed by atoms with Crippen LogP contribution in [0.5, 0.6) is 0 Å². The van der Waals surface area contributed by atoms with E-state index in [0.29, 0.717) is 0 Å². The number of halogens is 4. The van der Waals surface area contributed by atoms with Crippen molar-refractivity contribution in [3.8, 4) is 0 Å². The maximum atomic E-state index is 13.7. The molecule has 0 aliphatic carbocycles. The lowest BCUT2D eigenvalue weighted by Gasteiger charge is -2.22. The predicted molar refractivity (Wildman–Crippen MR) is 46.8 cm³/mol. The summed E-state index contributed by atoms with van der Waals surface area (Å²) in [5, 5.41) is 0. The minimum absolute atomic E-state index is 0.526. The van der Waals surface area contributed by atoms with Crippen LogP contribution in [0.3, 0.4) is 0 Å². The summed E-state index contributed by atoms with van der Waals surface area (Å²) in [4.78, 5) is 3.48. The van der Waals surface area contributed by atoms with Crippen LogP contribution >= 0.6 is 0 Å². The van der Waals surface area contributed by atoms with Gasteiger partial charge >= 0.3 is 6.18 Å². The van der Waals surface area contributed by atoms with Crippen molar-refractivity contribution in [3.63, 3.8) is 0 Å². The Labute approximate surface area is 84.1 Å². The van der Waals surface area contributed by atoms with Gasteiger partial charge in [0.2, 0.25) is 0 Å². The summed E-state index contributed by atoms with van der Waals surface area (Å²) in [6, 6.07) is 0.739. The third kappa shape index (κ3) is 2.44. The second-order valence-electron chi connectivity index (χ2n) is 3.32. The molecule has 1 heterocycles. The first-order valence-corrected chi connectivity index (χ1v) is 4.19. The van der Waals surface area contributed by atoms with Crippen molar-refractivity contribution >= 4 is 0 Å². The lowest BCUT2D eigenvalue weighted by atomic mass is 9.95. The van der Waals surface area contributed by atoms with Crippen molar-refractivity contribution in [2.75, 3.05) is 6.54 Å². The molecule has 0 bridgehead atoms. The normalized spacial score (nSPS) is 16.1. The van der Waals surface area contributed by atoms with Crippen LogP contribution in [0.15, 0.2) is 18.5 Å². The molecule has 0 aliphatic rings. The van der Waals surface area contributed by atoms with Gasteiger partial charge in [0, 0.05) is 24.5 Å². The molecule has 1 rings (SSSR count). The van der Waals surface area contributed by atoms with Crippen LogP contribution in [0.25, 0.3) is 0 Å². The molecule has 0 saturated carbocycles. The van der Waals surface area contributed by atoms with Crippen LogP contribution in [-0.2, 0) is 11.8 Å². The van der Waals surface area contributed by atoms with Crippen LogP contribution in [0.4, 0.5) is 17.6 Å². The quantitative estimate of drug-likeness (QED) is 0.779. The van der Waals surface area contributed by atoms with E-state index < -0.39 is 29.5 Å². The molecule has 1 unspecified atom stereocenters. The van der Waals surface area contributed by atoms with Gasteiger partial charge < -0.3 is 5.73 Å². The van der Waals surface area contributed by atoms with Crippen LogP contribution in [0.2, 0.25) is 0 Å². The second kappa shape index (κ2) is 3.77. The average Bonchev–Trinajstić information content (AvgIpc) is 2.16. The van der Waals surface area contributed by atoms with Gasteiger partial charge in [-0.3, -0.25) is 4.98 Å². The Bertz CT molecular complexity index is 346. The molecule has 0 saturated heterocycles. The zero-order chi connectivity index (χ0) is 11.7. The molecule has 15 heavy (non-hydrogen) atoms. The SMILES string of the molecule is CC(F)(CN)c1cnccc1C(F)(F)F. The fraction of sp³-hybridized carbons (Fsp3) is 0.444. The Balaban J connectivity index is 3.31. The molecular weight excluding hydrogens is 212 g/mol. The van der Waals surface area contributed by atoms with Gasteiger partial charge in [-0.25, -0.2) is 4.39 Å². The Kier molecular flexibility index (Phi) is 2.99. The molecule has 84 valence electrons. The molecule has 2 nitrogen and oxygen atoms in total. The lowest BCUT2D eigenvalue weighted by molar-refractivity contribution is -0.139. The van der Waals surface area contributed by atoms with Gasteiger partial charge in [0.15, 0.2) is 0 Å². The van der Waals surface area contributed by atoms with E-state index in [9.17, 15) is 17.6 Å². The van der Waals surface area contributed by atoms with Crippen LogP contribution in [0, 0.1) is 0 Å².